The topological polar surface area (TPSA) is 71.3 Å². The van der Waals surface area contributed by atoms with Crippen LogP contribution in [-0.2, 0) is 11.3 Å². The number of aromatic nitrogens is 3. The molecular formula is C16H21N5O2S. The molecule has 1 atom stereocenters. The second-order valence-corrected chi connectivity index (χ2v) is 6.97. The maximum absolute atomic E-state index is 12.6. The summed E-state index contributed by atoms with van der Waals surface area (Å²) in [6, 6.07) is 3.90. The van der Waals surface area contributed by atoms with E-state index in [4.69, 9.17) is 0 Å². The predicted molar refractivity (Wildman–Crippen MR) is 90.7 cm³/mol. The Labute approximate surface area is 144 Å². The summed E-state index contributed by atoms with van der Waals surface area (Å²) in [7, 11) is 1.80. The van der Waals surface area contributed by atoms with Gasteiger partial charge < -0.3 is 9.80 Å². The van der Waals surface area contributed by atoms with Crippen LogP contribution in [0.15, 0.2) is 24.8 Å². The van der Waals surface area contributed by atoms with Gasteiger partial charge in [0, 0.05) is 25.0 Å². The lowest BCUT2D eigenvalue weighted by molar-refractivity contribution is -0.132. The van der Waals surface area contributed by atoms with Crippen molar-refractivity contribution in [2.75, 3.05) is 20.1 Å². The van der Waals surface area contributed by atoms with Gasteiger partial charge in [0.2, 0.25) is 5.91 Å². The molecule has 1 aliphatic rings. The molecule has 128 valence electrons. The van der Waals surface area contributed by atoms with Crippen molar-refractivity contribution in [2.45, 2.75) is 32.4 Å². The van der Waals surface area contributed by atoms with Crippen molar-refractivity contribution in [1.82, 2.24) is 24.6 Å². The standard InChI is InChI=1S/C16H21N5O2S/c1-3-19(2)16(23)14-7-6-13(24-14)12-5-4-8-21(12)15(22)9-20-11-17-10-18-20/h6-7,10-12H,3-5,8-9H2,1-2H3/t12-/m0/s1. The number of hydrogen-bond acceptors (Lipinski definition) is 5. The van der Waals surface area contributed by atoms with Crippen LogP contribution in [0.5, 0.6) is 0 Å². The van der Waals surface area contributed by atoms with E-state index in [1.165, 1.54) is 22.3 Å². The van der Waals surface area contributed by atoms with Crippen LogP contribution < -0.4 is 0 Å². The molecule has 0 radical (unpaired) electrons. The van der Waals surface area contributed by atoms with Crippen molar-refractivity contribution >= 4 is 23.2 Å². The van der Waals surface area contributed by atoms with Crippen molar-refractivity contribution in [3.63, 3.8) is 0 Å². The minimum atomic E-state index is 0.0345. The fourth-order valence-electron chi connectivity index (χ4n) is 2.88. The molecule has 2 aromatic heterocycles. The number of amides is 2. The molecule has 0 aromatic carbocycles. The van der Waals surface area contributed by atoms with Crippen molar-refractivity contribution in [3.05, 3.63) is 34.5 Å². The molecule has 24 heavy (non-hydrogen) atoms. The molecule has 1 fully saturated rings. The summed E-state index contributed by atoms with van der Waals surface area (Å²) in [5, 5.41) is 3.99. The van der Waals surface area contributed by atoms with E-state index in [2.05, 4.69) is 10.1 Å². The summed E-state index contributed by atoms with van der Waals surface area (Å²) < 4.78 is 1.54. The third-order valence-corrected chi connectivity index (χ3v) is 5.50. The third-order valence-electron chi connectivity index (χ3n) is 4.32. The van der Waals surface area contributed by atoms with E-state index in [0.717, 1.165) is 29.1 Å². The lowest BCUT2D eigenvalue weighted by Crippen LogP contribution is -2.33. The average molecular weight is 347 g/mol. The van der Waals surface area contributed by atoms with Crippen LogP contribution in [0.25, 0.3) is 0 Å². The smallest absolute Gasteiger partial charge is 0.263 e. The van der Waals surface area contributed by atoms with Crippen LogP contribution in [0.4, 0.5) is 0 Å². The number of rotatable bonds is 5. The van der Waals surface area contributed by atoms with Crippen LogP contribution >= 0.6 is 11.3 Å². The molecule has 8 heteroatoms. The summed E-state index contributed by atoms with van der Waals surface area (Å²) in [6.07, 6.45) is 4.88. The fourth-order valence-corrected chi connectivity index (χ4v) is 4.03. The maximum Gasteiger partial charge on any atom is 0.263 e. The Bertz CT molecular complexity index is 712. The molecule has 0 unspecified atom stereocenters. The summed E-state index contributed by atoms with van der Waals surface area (Å²) in [5.74, 6) is 0.0715. The van der Waals surface area contributed by atoms with Crippen LogP contribution in [-0.4, -0.2) is 56.5 Å². The minimum absolute atomic E-state index is 0.0345. The van der Waals surface area contributed by atoms with Gasteiger partial charge in [-0.1, -0.05) is 0 Å². The first-order valence-electron chi connectivity index (χ1n) is 8.07. The molecule has 0 saturated carbocycles. The number of carbonyl (C=O) groups excluding carboxylic acids is 2. The Morgan fingerprint density at radius 2 is 2.25 bits per heavy atom. The quantitative estimate of drug-likeness (QED) is 0.827. The minimum Gasteiger partial charge on any atom is -0.341 e. The van der Waals surface area contributed by atoms with Crippen LogP contribution in [0.1, 0.15) is 40.4 Å². The van der Waals surface area contributed by atoms with E-state index in [0.29, 0.717) is 6.54 Å². The van der Waals surface area contributed by atoms with Crippen LogP contribution in [0, 0.1) is 0 Å². The van der Waals surface area contributed by atoms with Gasteiger partial charge in [0.25, 0.3) is 5.91 Å². The van der Waals surface area contributed by atoms with Gasteiger partial charge in [-0.2, -0.15) is 5.10 Å². The molecule has 1 saturated heterocycles. The summed E-state index contributed by atoms with van der Waals surface area (Å²) in [5.41, 5.74) is 0. The number of carbonyl (C=O) groups is 2. The molecule has 0 N–H and O–H groups in total. The van der Waals surface area contributed by atoms with Gasteiger partial charge in [-0.05, 0) is 31.9 Å². The van der Waals surface area contributed by atoms with E-state index in [-0.39, 0.29) is 24.4 Å². The van der Waals surface area contributed by atoms with E-state index >= 15 is 0 Å². The molecule has 1 aliphatic heterocycles. The normalized spacial score (nSPS) is 17.2. The highest BCUT2D eigenvalue weighted by Gasteiger charge is 2.31. The van der Waals surface area contributed by atoms with Crippen molar-refractivity contribution < 1.29 is 9.59 Å². The van der Waals surface area contributed by atoms with E-state index in [9.17, 15) is 9.59 Å². The first kappa shape index (κ1) is 16.6. The van der Waals surface area contributed by atoms with Gasteiger partial charge in [-0.3, -0.25) is 9.59 Å². The SMILES string of the molecule is CCN(C)C(=O)c1ccc([C@@H]2CCCN2C(=O)Cn2cncn2)s1. The Balaban J connectivity index is 1.72. The number of hydrogen-bond donors (Lipinski definition) is 0. The largest absolute Gasteiger partial charge is 0.341 e. The highest BCUT2D eigenvalue weighted by Crippen LogP contribution is 2.36. The van der Waals surface area contributed by atoms with E-state index in [1.54, 1.807) is 18.3 Å². The molecule has 2 amide bonds. The lowest BCUT2D eigenvalue weighted by atomic mass is 10.2. The summed E-state index contributed by atoms with van der Waals surface area (Å²) >= 11 is 1.49. The maximum atomic E-state index is 12.6. The average Bonchev–Trinajstić information content (AvgIpc) is 3.32. The molecule has 3 rings (SSSR count). The molecule has 2 aromatic rings. The molecule has 0 bridgehead atoms. The molecular weight excluding hydrogens is 326 g/mol. The van der Waals surface area contributed by atoms with Gasteiger partial charge >= 0.3 is 0 Å². The second kappa shape index (κ2) is 7.12. The molecule has 7 nitrogen and oxygen atoms in total. The number of thiophene rings is 1. The Morgan fingerprint density at radius 1 is 1.42 bits per heavy atom. The first-order chi connectivity index (χ1) is 11.6. The van der Waals surface area contributed by atoms with Gasteiger partial charge in [0.1, 0.15) is 19.2 Å². The molecule has 0 spiro atoms. The highest BCUT2D eigenvalue weighted by molar-refractivity contribution is 7.14. The Morgan fingerprint density at radius 3 is 2.96 bits per heavy atom. The lowest BCUT2D eigenvalue weighted by Gasteiger charge is -2.23. The number of nitrogens with zero attached hydrogens (tertiary/aromatic N) is 5. The van der Waals surface area contributed by atoms with Crippen molar-refractivity contribution in [1.29, 1.82) is 0 Å². The molecule has 3 heterocycles. The summed E-state index contributed by atoms with van der Waals surface area (Å²) in [6.45, 7) is 3.58. The second-order valence-electron chi connectivity index (χ2n) is 5.86. The summed E-state index contributed by atoms with van der Waals surface area (Å²) in [4.78, 5) is 34.1. The Hall–Kier alpha value is -2.22. The van der Waals surface area contributed by atoms with Crippen LogP contribution in [0.2, 0.25) is 0 Å². The Kier molecular flexibility index (Phi) is 4.94. The molecule has 0 aliphatic carbocycles. The van der Waals surface area contributed by atoms with E-state index < -0.39 is 0 Å². The van der Waals surface area contributed by atoms with Crippen LogP contribution in [0.3, 0.4) is 0 Å². The van der Waals surface area contributed by atoms with Gasteiger partial charge in [-0.25, -0.2) is 9.67 Å². The monoisotopic (exact) mass is 347 g/mol. The predicted octanol–water partition coefficient (Wildman–Crippen LogP) is 1.80. The van der Waals surface area contributed by atoms with Crippen molar-refractivity contribution in [2.24, 2.45) is 0 Å². The van der Waals surface area contributed by atoms with Gasteiger partial charge in [-0.15, -0.1) is 11.3 Å². The van der Waals surface area contributed by atoms with Crippen molar-refractivity contribution in [3.8, 4) is 0 Å². The fraction of sp³-hybridized carbons (Fsp3) is 0.500. The van der Waals surface area contributed by atoms with E-state index in [1.807, 2.05) is 24.0 Å². The zero-order valence-corrected chi connectivity index (χ0v) is 14.7. The zero-order chi connectivity index (χ0) is 17.1. The first-order valence-corrected chi connectivity index (χ1v) is 8.89. The van der Waals surface area contributed by atoms with Gasteiger partial charge in [0.05, 0.1) is 10.9 Å². The number of likely N-dealkylation sites (tertiary alicyclic amines) is 1. The highest BCUT2D eigenvalue weighted by atomic mass is 32.1. The third kappa shape index (κ3) is 3.33. The zero-order valence-electron chi connectivity index (χ0n) is 13.9. The van der Waals surface area contributed by atoms with Gasteiger partial charge in [0.15, 0.2) is 0 Å².